The highest BCUT2D eigenvalue weighted by Crippen LogP contribution is 2.31. The number of hydrogen-bond acceptors (Lipinski definition) is 2. The smallest absolute Gasteiger partial charge is 0.0309 e. The number of piperazine rings is 1. The molecule has 0 radical (unpaired) electrons. The van der Waals surface area contributed by atoms with Crippen molar-refractivity contribution in [1.82, 2.24) is 10.2 Å². The largest absolute Gasteiger partial charge is 0.309 e. The first kappa shape index (κ1) is 15.3. The fourth-order valence-corrected chi connectivity index (χ4v) is 3.86. The van der Waals surface area contributed by atoms with Gasteiger partial charge in [0.2, 0.25) is 0 Å². The first-order valence-corrected chi connectivity index (χ1v) is 8.68. The van der Waals surface area contributed by atoms with Crippen LogP contribution < -0.4 is 5.32 Å². The Morgan fingerprint density at radius 3 is 2.53 bits per heavy atom. The van der Waals surface area contributed by atoms with Crippen molar-refractivity contribution in [2.45, 2.75) is 77.2 Å². The van der Waals surface area contributed by atoms with Gasteiger partial charge in [0.25, 0.3) is 0 Å². The molecule has 112 valence electrons. The van der Waals surface area contributed by atoms with Crippen LogP contribution in [0.15, 0.2) is 0 Å². The molecule has 1 spiro atoms. The molecule has 19 heavy (non-hydrogen) atoms. The molecule has 1 aliphatic heterocycles. The van der Waals surface area contributed by atoms with Crippen LogP contribution in [-0.2, 0) is 0 Å². The lowest BCUT2D eigenvalue weighted by Crippen LogP contribution is -2.59. The minimum Gasteiger partial charge on any atom is -0.309 e. The van der Waals surface area contributed by atoms with E-state index in [1.165, 1.54) is 84.0 Å². The standard InChI is InChI=1S/C17H34N2/c1-16(2)9-5-3-4-8-13-19-14-12-18-17(15-19)10-6-7-11-17/h16,18H,3-15H2,1-2H3. The molecule has 1 heterocycles. The molecule has 1 aliphatic carbocycles. The third-order valence-electron chi connectivity index (χ3n) is 5.02. The molecule has 0 amide bonds. The van der Waals surface area contributed by atoms with Gasteiger partial charge >= 0.3 is 0 Å². The van der Waals surface area contributed by atoms with Gasteiger partial charge in [-0.05, 0) is 31.7 Å². The van der Waals surface area contributed by atoms with Crippen LogP contribution >= 0.6 is 0 Å². The van der Waals surface area contributed by atoms with E-state index >= 15 is 0 Å². The van der Waals surface area contributed by atoms with E-state index in [9.17, 15) is 0 Å². The Morgan fingerprint density at radius 1 is 1.05 bits per heavy atom. The molecule has 0 aromatic rings. The summed E-state index contributed by atoms with van der Waals surface area (Å²) < 4.78 is 0. The zero-order valence-corrected chi connectivity index (χ0v) is 13.2. The van der Waals surface area contributed by atoms with Gasteiger partial charge in [-0.3, -0.25) is 0 Å². The van der Waals surface area contributed by atoms with Gasteiger partial charge in [0, 0.05) is 25.2 Å². The van der Waals surface area contributed by atoms with Crippen molar-refractivity contribution in [3.63, 3.8) is 0 Å². The van der Waals surface area contributed by atoms with Crippen molar-refractivity contribution in [2.24, 2.45) is 5.92 Å². The molecule has 2 nitrogen and oxygen atoms in total. The summed E-state index contributed by atoms with van der Waals surface area (Å²) in [6.45, 7) is 9.81. The van der Waals surface area contributed by atoms with Crippen molar-refractivity contribution in [1.29, 1.82) is 0 Å². The van der Waals surface area contributed by atoms with Gasteiger partial charge in [0.05, 0.1) is 0 Å². The quantitative estimate of drug-likeness (QED) is 0.705. The average Bonchev–Trinajstić information content (AvgIpc) is 2.81. The van der Waals surface area contributed by atoms with Crippen molar-refractivity contribution in [2.75, 3.05) is 26.2 Å². The van der Waals surface area contributed by atoms with Crippen molar-refractivity contribution >= 4 is 0 Å². The first-order chi connectivity index (χ1) is 9.20. The summed E-state index contributed by atoms with van der Waals surface area (Å²) in [5.74, 6) is 0.885. The molecule has 0 aromatic heterocycles. The SMILES string of the molecule is CC(C)CCCCCCN1CCNC2(CCCC2)C1. The topological polar surface area (TPSA) is 15.3 Å². The molecular weight excluding hydrogens is 232 g/mol. The van der Waals surface area contributed by atoms with Crippen LogP contribution in [0, 0.1) is 5.92 Å². The summed E-state index contributed by atoms with van der Waals surface area (Å²) in [6.07, 6.45) is 12.8. The predicted molar refractivity (Wildman–Crippen MR) is 83.6 cm³/mol. The Labute approximate surface area is 120 Å². The number of unbranched alkanes of at least 4 members (excludes halogenated alkanes) is 3. The normalized spacial score (nSPS) is 23.5. The van der Waals surface area contributed by atoms with E-state index in [-0.39, 0.29) is 0 Å². The maximum absolute atomic E-state index is 3.81. The highest BCUT2D eigenvalue weighted by molar-refractivity contribution is 4.98. The van der Waals surface area contributed by atoms with E-state index in [1.54, 1.807) is 0 Å². The molecule has 1 saturated heterocycles. The molecule has 2 heteroatoms. The summed E-state index contributed by atoms with van der Waals surface area (Å²) in [7, 11) is 0. The highest BCUT2D eigenvalue weighted by atomic mass is 15.2. The Kier molecular flexibility index (Phi) is 6.15. The molecular formula is C17H34N2. The second kappa shape index (κ2) is 7.64. The van der Waals surface area contributed by atoms with Crippen LogP contribution in [0.3, 0.4) is 0 Å². The second-order valence-corrected chi connectivity index (χ2v) is 7.29. The average molecular weight is 266 g/mol. The zero-order chi connectivity index (χ0) is 13.6. The highest BCUT2D eigenvalue weighted by Gasteiger charge is 2.37. The summed E-state index contributed by atoms with van der Waals surface area (Å²) in [5.41, 5.74) is 0.510. The van der Waals surface area contributed by atoms with E-state index in [4.69, 9.17) is 0 Å². The van der Waals surface area contributed by atoms with Gasteiger partial charge in [0.15, 0.2) is 0 Å². The lowest BCUT2D eigenvalue weighted by molar-refractivity contribution is 0.133. The Hall–Kier alpha value is -0.0800. The predicted octanol–water partition coefficient (Wildman–Crippen LogP) is 3.81. The Balaban J connectivity index is 1.56. The van der Waals surface area contributed by atoms with Gasteiger partial charge < -0.3 is 10.2 Å². The summed E-state index contributed by atoms with van der Waals surface area (Å²) in [4.78, 5) is 2.73. The van der Waals surface area contributed by atoms with Gasteiger partial charge in [-0.15, -0.1) is 0 Å². The molecule has 2 fully saturated rings. The number of hydrogen-bond donors (Lipinski definition) is 1. The van der Waals surface area contributed by atoms with E-state index < -0.39 is 0 Å². The molecule has 1 saturated carbocycles. The van der Waals surface area contributed by atoms with Gasteiger partial charge in [0.1, 0.15) is 0 Å². The van der Waals surface area contributed by atoms with E-state index in [0.29, 0.717) is 5.54 Å². The number of nitrogens with zero attached hydrogens (tertiary/aromatic N) is 1. The van der Waals surface area contributed by atoms with Gasteiger partial charge in [-0.2, -0.15) is 0 Å². The molecule has 1 N–H and O–H groups in total. The number of rotatable bonds is 7. The molecule has 0 aromatic carbocycles. The van der Waals surface area contributed by atoms with E-state index in [0.717, 1.165) is 5.92 Å². The summed E-state index contributed by atoms with van der Waals surface area (Å²) in [5, 5.41) is 3.81. The van der Waals surface area contributed by atoms with Gasteiger partial charge in [-0.25, -0.2) is 0 Å². The zero-order valence-electron chi connectivity index (χ0n) is 13.2. The van der Waals surface area contributed by atoms with Crippen molar-refractivity contribution < 1.29 is 0 Å². The minimum atomic E-state index is 0.510. The third-order valence-corrected chi connectivity index (χ3v) is 5.02. The van der Waals surface area contributed by atoms with E-state index in [2.05, 4.69) is 24.1 Å². The number of nitrogens with one attached hydrogen (secondary N) is 1. The third kappa shape index (κ3) is 5.07. The van der Waals surface area contributed by atoms with Crippen LogP contribution in [0.1, 0.15) is 71.6 Å². The lowest BCUT2D eigenvalue weighted by Gasteiger charge is -2.41. The Bertz CT molecular complexity index is 244. The molecule has 0 unspecified atom stereocenters. The maximum atomic E-state index is 3.81. The van der Waals surface area contributed by atoms with Crippen LogP contribution in [0.2, 0.25) is 0 Å². The van der Waals surface area contributed by atoms with Crippen LogP contribution in [-0.4, -0.2) is 36.6 Å². The fraction of sp³-hybridized carbons (Fsp3) is 1.00. The fourth-order valence-electron chi connectivity index (χ4n) is 3.86. The van der Waals surface area contributed by atoms with Crippen LogP contribution in [0.5, 0.6) is 0 Å². The molecule has 2 aliphatic rings. The van der Waals surface area contributed by atoms with Gasteiger partial charge in [-0.1, -0.05) is 52.4 Å². The maximum Gasteiger partial charge on any atom is 0.0309 e. The van der Waals surface area contributed by atoms with E-state index in [1.807, 2.05) is 0 Å². The summed E-state index contributed by atoms with van der Waals surface area (Å²) >= 11 is 0. The summed E-state index contributed by atoms with van der Waals surface area (Å²) in [6, 6.07) is 0. The monoisotopic (exact) mass is 266 g/mol. The minimum absolute atomic E-state index is 0.510. The van der Waals surface area contributed by atoms with Crippen molar-refractivity contribution in [3.8, 4) is 0 Å². The first-order valence-electron chi connectivity index (χ1n) is 8.68. The van der Waals surface area contributed by atoms with Crippen molar-refractivity contribution in [3.05, 3.63) is 0 Å². The van der Waals surface area contributed by atoms with Crippen LogP contribution in [0.25, 0.3) is 0 Å². The molecule has 0 bridgehead atoms. The lowest BCUT2D eigenvalue weighted by atomic mass is 9.94. The Morgan fingerprint density at radius 2 is 1.79 bits per heavy atom. The molecule has 2 rings (SSSR count). The molecule has 0 atom stereocenters. The van der Waals surface area contributed by atoms with Crippen LogP contribution in [0.4, 0.5) is 0 Å². The second-order valence-electron chi connectivity index (χ2n) is 7.29.